The number of para-hydroxylation sites is 1. The third-order valence-electron chi connectivity index (χ3n) is 5.02. The van der Waals surface area contributed by atoms with Crippen molar-refractivity contribution in [2.45, 2.75) is 33.2 Å². The molecule has 27 heavy (non-hydrogen) atoms. The van der Waals surface area contributed by atoms with Crippen LogP contribution in [-0.4, -0.2) is 41.9 Å². The molecule has 3 amide bonds. The predicted molar refractivity (Wildman–Crippen MR) is 108 cm³/mol. The first-order valence-corrected chi connectivity index (χ1v) is 9.42. The molecule has 142 valence electrons. The van der Waals surface area contributed by atoms with Crippen LogP contribution in [0.2, 0.25) is 0 Å². The van der Waals surface area contributed by atoms with Gasteiger partial charge in [0.15, 0.2) is 0 Å². The molecule has 2 aromatic rings. The van der Waals surface area contributed by atoms with Crippen molar-refractivity contribution in [3.63, 3.8) is 0 Å². The summed E-state index contributed by atoms with van der Waals surface area (Å²) in [6, 6.07) is 13.5. The van der Waals surface area contributed by atoms with E-state index >= 15 is 0 Å². The topological polar surface area (TPSA) is 52.7 Å². The molecule has 0 aliphatic carbocycles. The number of carbonyl (C=O) groups excluding carboxylic acids is 2. The van der Waals surface area contributed by atoms with Crippen LogP contribution >= 0.6 is 0 Å². The van der Waals surface area contributed by atoms with Gasteiger partial charge in [0.05, 0.1) is 11.3 Å². The van der Waals surface area contributed by atoms with Crippen molar-refractivity contribution >= 4 is 17.6 Å². The number of urea groups is 1. The molecule has 0 radical (unpaired) electrons. The van der Waals surface area contributed by atoms with E-state index in [2.05, 4.69) is 5.32 Å². The Kier molecular flexibility index (Phi) is 5.79. The minimum atomic E-state index is -0.222. The Bertz CT molecular complexity index is 824. The average Bonchev–Trinajstić information content (AvgIpc) is 3.19. The Labute approximate surface area is 161 Å². The number of rotatable bonds is 4. The molecule has 0 bridgehead atoms. The molecule has 1 saturated heterocycles. The van der Waals surface area contributed by atoms with E-state index in [-0.39, 0.29) is 11.9 Å². The van der Waals surface area contributed by atoms with Crippen LogP contribution in [0.5, 0.6) is 0 Å². The summed E-state index contributed by atoms with van der Waals surface area (Å²) in [4.78, 5) is 29.1. The van der Waals surface area contributed by atoms with Crippen LogP contribution in [0, 0.1) is 13.8 Å². The number of anilines is 1. The lowest BCUT2D eigenvalue weighted by Gasteiger charge is -2.22. The first-order valence-electron chi connectivity index (χ1n) is 9.42. The number of aryl methyl sites for hydroxylation is 2. The summed E-state index contributed by atoms with van der Waals surface area (Å²) in [5.74, 6) is -0.00677. The van der Waals surface area contributed by atoms with Crippen LogP contribution in [0.15, 0.2) is 42.5 Å². The van der Waals surface area contributed by atoms with Crippen molar-refractivity contribution in [3.8, 4) is 0 Å². The molecule has 1 heterocycles. The normalized spacial score (nSPS) is 13.5. The third-order valence-corrected chi connectivity index (χ3v) is 5.02. The molecule has 5 nitrogen and oxygen atoms in total. The van der Waals surface area contributed by atoms with E-state index in [0.717, 1.165) is 37.1 Å². The van der Waals surface area contributed by atoms with Crippen LogP contribution in [-0.2, 0) is 6.54 Å². The second-order valence-corrected chi connectivity index (χ2v) is 7.27. The molecule has 1 aliphatic rings. The Morgan fingerprint density at radius 1 is 1.04 bits per heavy atom. The van der Waals surface area contributed by atoms with E-state index in [0.29, 0.717) is 17.8 Å². The Morgan fingerprint density at radius 3 is 2.37 bits per heavy atom. The van der Waals surface area contributed by atoms with Crippen molar-refractivity contribution in [3.05, 3.63) is 64.7 Å². The smallest absolute Gasteiger partial charge is 0.321 e. The summed E-state index contributed by atoms with van der Waals surface area (Å²) in [7, 11) is 1.76. The lowest BCUT2D eigenvalue weighted by molar-refractivity contribution is 0.0793. The number of hydrogen-bond donors (Lipinski definition) is 1. The van der Waals surface area contributed by atoms with E-state index in [1.807, 2.05) is 55.1 Å². The molecule has 2 aromatic carbocycles. The largest absolute Gasteiger partial charge is 0.339 e. The predicted octanol–water partition coefficient (Wildman–Crippen LogP) is 4.20. The van der Waals surface area contributed by atoms with Gasteiger partial charge in [-0.3, -0.25) is 4.79 Å². The SMILES string of the molecule is Cc1ccc(CN(C)C(=O)Nc2c(C)cccc2C(=O)N2CCCC2)cc1. The fourth-order valence-electron chi connectivity index (χ4n) is 3.34. The van der Waals surface area contributed by atoms with Gasteiger partial charge in [-0.05, 0) is 43.9 Å². The second-order valence-electron chi connectivity index (χ2n) is 7.27. The van der Waals surface area contributed by atoms with Crippen molar-refractivity contribution in [1.29, 1.82) is 0 Å². The summed E-state index contributed by atoms with van der Waals surface area (Å²) in [6.45, 7) is 6.03. The van der Waals surface area contributed by atoms with Crippen molar-refractivity contribution < 1.29 is 9.59 Å². The zero-order chi connectivity index (χ0) is 19.4. The molecule has 1 N–H and O–H groups in total. The first kappa shape index (κ1) is 19.0. The van der Waals surface area contributed by atoms with Gasteiger partial charge in [-0.2, -0.15) is 0 Å². The number of hydrogen-bond acceptors (Lipinski definition) is 2. The van der Waals surface area contributed by atoms with Crippen LogP contribution in [0.25, 0.3) is 0 Å². The summed E-state index contributed by atoms with van der Waals surface area (Å²) in [5.41, 5.74) is 4.31. The van der Waals surface area contributed by atoms with Gasteiger partial charge in [0.1, 0.15) is 0 Å². The number of nitrogens with zero attached hydrogens (tertiary/aromatic N) is 2. The van der Waals surface area contributed by atoms with Crippen LogP contribution in [0.1, 0.15) is 39.9 Å². The highest BCUT2D eigenvalue weighted by Crippen LogP contribution is 2.24. The highest BCUT2D eigenvalue weighted by molar-refractivity contribution is 6.04. The third kappa shape index (κ3) is 4.48. The Hall–Kier alpha value is -2.82. The lowest BCUT2D eigenvalue weighted by atomic mass is 10.1. The maximum Gasteiger partial charge on any atom is 0.321 e. The average molecular weight is 365 g/mol. The van der Waals surface area contributed by atoms with E-state index in [9.17, 15) is 9.59 Å². The minimum Gasteiger partial charge on any atom is -0.339 e. The fraction of sp³-hybridized carbons (Fsp3) is 0.364. The van der Waals surface area contributed by atoms with Crippen LogP contribution < -0.4 is 5.32 Å². The zero-order valence-corrected chi connectivity index (χ0v) is 16.3. The molecule has 1 fully saturated rings. The first-order chi connectivity index (χ1) is 13.0. The number of carbonyl (C=O) groups is 2. The summed E-state index contributed by atoms with van der Waals surface area (Å²) < 4.78 is 0. The Morgan fingerprint density at radius 2 is 1.70 bits per heavy atom. The van der Waals surface area contributed by atoms with E-state index in [1.165, 1.54) is 5.56 Å². The van der Waals surface area contributed by atoms with Crippen LogP contribution in [0.3, 0.4) is 0 Å². The zero-order valence-electron chi connectivity index (χ0n) is 16.3. The van der Waals surface area contributed by atoms with Gasteiger partial charge >= 0.3 is 6.03 Å². The molecule has 1 aliphatic heterocycles. The number of benzene rings is 2. The van der Waals surface area contributed by atoms with E-state index < -0.39 is 0 Å². The quantitative estimate of drug-likeness (QED) is 0.883. The molecular formula is C22H27N3O2. The molecule has 5 heteroatoms. The second kappa shape index (κ2) is 8.25. The van der Waals surface area contributed by atoms with Gasteiger partial charge in [-0.1, -0.05) is 42.0 Å². The molecular weight excluding hydrogens is 338 g/mol. The monoisotopic (exact) mass is 365 g/mol. The lowest BCUT2D eigenvalue weighted by Crippen LogP contribution is -2.33. The maximum absolute atomic E-state index is 12.9. The van der Waals surface area contributed by atoms with Gasteiger partial charge in [-0.15, -0.1) is 0 Å². The van der Waals surface area contributed by atoms with Crippen LogP contribution in [0.4, 0.5) is 10.5 Å². The molecule has 3 rings (SSSR count). The summed E-state index contributed by atoms with van der Waals surface area (Å²) in [6.07, 6.45) is 2.08. The molecule has 0 saturated carbocycles. The minimum absolute atomic E-state index is 0.00677. The molecule has 0 aromatic heterocycles. The summed E-state index contributed by atoms with van der Waals surface area (Å²) >= 11 is 0. The van der Waals surface area contributed by atoms with Gasteiger partial charge in [0, 0.05) is 26.7 Å². The summed E-state index contributed by atoms with van der Waals surface area (Å²) in [5, 5.41) is 2.95. The fourth-order valence-corrected chi connectivity index (χ4v) is 3.34. The standard InChI is InChI=1S/C22H27N3O2/c1-16-9-11-18(12-10-16)15-24(3)22(27)23-20-17(2)7-6-8-19(20)21(26)25-13-4-5-14-25/h6-12H,4-5,13-15H2,1-3H3,(H,23,27). The Balaban J connectivity index is 1.74. The number of nitrogens with one attached hydrogen (secondary N) is 1. The van der Waals surface area contributed by atoms with Gasteiger partial charge < -0.3 is 15.1 Å². The highest BCUT2D eigenvalue weighted by atomic mass is 16.2. The highest BCUT2D eigenvalue weighted by Gasteiger charge is 2.23. The van der Waals surface area contributed by atoms with Crippen molar-refractivity contribution in [2.24, 2.45) is 0 Å². The van der Waals surface area contributed by atoms with E-state index in [1.54, 1.807) is 18.0 Å². The number of likely N-dealkylation sites (tertiary alicyclic amines) is 1. The van der Waals surface area contributed by atoms with Gasteiger partial charge in [0.2, 0.25) is 0 Å². The van der Waals surface area contributed by atoms with Gasteiger partial charge in [0.25, 0.3) is 5.91 Å². The van der Waals surface area contributed by atoms with E-state index in [4.69, 9.17) is 0 Å². The number of amides is 3. The van der Waals surface area contributed by atoms with Crippen molar-refractivity contribution in [2.75, 3.05) is 25.5 Å². The van der Waals surface area contributed by atoms with Crippen molar-refractivity contribution in [1.82, 2.24) is 9.80 Å². The maximum atomic E-state index is 12.9. The molecule has 0 atom stereocenters. The molecule has 0 spiro atoms. The molecule has 0 unspecified atom stereocenters. The van der Waals surface area contributed by atoms with Gasteiger partial charge in [-0.25, -0.2) is 4.79 Å².